The standard InChI is InChI=1S/C22H28N2OS/c1-14-11-15(2)21-17(7-5-6-10-23)22(24-19(21)12-14)18-13-16(26-4)8-9-20(18)25-3/h8-9,11-13,24H,5-7,10,23H2,1-4H3. The summed E-state index contributed by atoms with van der Waals surface area (Å²) in [5, 5.41) is 1.35. The molecule has 0 atom stereocenters. The van der Waals surface area contributed by atoms with Crippen LogP contribution < -0.4 is 10.5 Å². The number of H-pyrrole nitrogens is 1. The maximum atomic E-state index is 5.73. The molecule has 0 aliphatic carbocycles. The normalized spacial score (nSPS) is 11.3. The van der Waals surface area contributed by atoms with E-state index < -0.39 is 0 Å². The monoisotopic (exact) mass is 368 g/mol. The maximum Gasteiger partial charge on any atom is 0.128 e. The van der Waals surface area contributed by atoms with Crippen LogP contribution in [0.3, 0.4) is 0 Å². The van der Waals surface area contributed by atoms with Crippen LogP contribution in [0, 0.1) is 13.8 Å². The largest absolute Gasteiger partial charge is 0.496 e. The number of aromatic amines is 1. The summed E-state index contributed by atoms with van der Waals surface area (Å²) in [6, 6.07) is 10.9. The van der Waals surface area contributed by atoms with Gasteiger partial charge in [-0.15, -0.1) is 11.8 Å². The number of nitrogens with one attached hydrogen (secondary N) is 1. The first-order valence-corrected chi connectivity index (χ1v) is 10.4. The predicted molar refractivity (Wildman–Crippen MR) is 114 cm³/mol. The molecule has 0 aliphatic rings. The van der Waals surface area contributed by atoms with E-state index in [1.165, 1.54) is 38.2 Å². The minimum Gasteiger partial charge on any atom is -0.496 e. The molecule has 0 saturated carbocycles. The Balaban J connectivity index is 2.24. The summed E-state index contributed by atoms with van der Waals surface area (Å²) in [6.07, 6.45) is 5.25. The van der Waals surface area contributed by atoms with Gasteiger partial charge in [0, 0.05) is 21.4 Å². The van der Waals surface area contributed by atoms with E-state index >= 15 is 0 Å². The molecule has 4 heteroatoms. The van der Waals surface area contributed by atoms with Crippen molar-refractivity contribution in [2.75, 3.05) is 19.9 Å². The molecule has 26 heavy (non-hydrogen) atoms. The minimum atomic E-state index is 0.737. The number of thioether (sulfide) groups is 1. The number of nitrogens with two attached hydrogens (primary N) is 1. The van der Waals surface area contributed by atoms with Gasteiger partial charge in [-0.25, -0.2) is 0 Å². The summed E-state index contributed by atoms with van der Waals surface area (Å²) in [5.74, 6) is 0.906. The van der Waals surface area contributed by atoms with Gasteiger partial charge in [-0.2, -0.15) is 0 Å². The third-order valence-electron chi connectivity index (χ3n) is 4.90. The minimum absolute atomic E-state index is 0.737. The first-order valence-electron chi connectivity index (χ1n) is 9.13. The van der Waals surface area contributed by atoms with E-state index in [9.17, 15) is 0 Å². The highest BCUT2D eigenvalue weighted by Crippen LogP contribution is 2.39. The van der Waals surface area contributed by atoms with Crippen LogP contribution in [-0.4, -0.2) is 24.9 Å². The van der Waals surface area contributed by atoms with E-state index in [2.05, 4.69) is 55.4 Å². The van der Waals surface area contributed by atoms with Crippen molar-refractivity contribution in [3.8, 4) is 17.0 Å². The summed E-state index contributed by atoms with van der Waals surface area (Å²) < 4.78 is 5.68. The van der Waals surface area contributed by atoms with E-state index in [0.29, 0.717) is 0 Å². The molecule has 0 fully saturated rings. The number of unbranched alkanes of at least 4 members (excludes halogenated alkanes) is 1. The van der Waals surface area contributed by atoms with Crippen LogP contribution in [0.15, 0.2) is 35.2 Å². The number of benzene rings is 2. The molecule has 0 aliphatic heterocycles. The van der Waals surface area contributed by atoms with Crippen LogP contribution in [0.1, 0.15) is 29.5 Å². The van der Waals surface area contributed by atoms with Crippen molar-refractivity contribution < 1.29 is 4.74 Å². The van der Waals surface area contributed by atoms with Gasteiger partial charge in [0.05, 0.1) is 12.8 Å². The highest BCUT2D eigenvalue weighted by Gasteiger charge is 2.18. The summed E-state index contributed by atoms with van der Waals surface area (Å²) in [7, 11) is 1.74. The number of aryl methyl sites for hydroxylation is 3. The average molecular weight is 369 g/mol. The number of hydrogen-bond donors (Lipinski definition) is 2. The molecule has 1 aromatic heterocycles. The van der Waals surface area contributed by atoms with Crippen molar-refractivity contribution in [2.45, 2.75) is 38.0 Å². The van der Waals surface area contributed by atoms with E-state index in [0.717, 1.165) is 37.1 Å². The fourth-order valence-corrected chi connectivity index (χ4v) is 4.18. The van der Waals surface area contributed by atoms with Gasteiger partial charge in [0.1, 0.15) is 5.75 Å². The Morgan fingerprint density at radius 1 is 1.12 bits per heavy atom. The molecule has 0 spiro atoms. The Hall–Kier alpha value is -1.91. The topological polar surface area (TPSA) is 51.0 Å². The van der Waals surface area contributed by atoms with Crippen molar-refractivity contribution in [1.82, 2.24) is 4.98 Å². The quantitative estimate of drug-likeness (QED) is 0.430. The van der Waals surface area contributed by atoms with Gasteiger partial charge in [-0.1, -0.05) is 6.07 Å². The van der Waals surface area contributed by atoms with E-state index in [1.807, 2.05) is 0 Å². The van der Waals surface area contributed by atoms with Gasteiger partial charge in [-0.05, 0) is 86.9 Å². The third-order valence-corrected chi connectivity index (χ3v) is 5.63. The SMILES string of the molecule is COc1ccc(SC)cc1-c1[nH]c2cc(C)cc(C)c2c1CCCCN. The van der Waals surface area contributed by atoms with Gasteiger partial charge in [0.15, 0.2) is 0 Å². The average Bonchev–Trinajstić information content (AvgIpc) is 2.99. The van der Waals surface area contributed by atoms with Crippen LogP contribution in [-0.2, 0) is 6.42 Å². The summed E-state index contributed by atoms with van der Waals surface area (Å²) in [4.78, 5) is 4.93. The van der Waals surface area contributed by atoms with Gasteiger partial charge in [0.25, 0.3) is 0 Å². The van der Waals surface area contributed by atoms with E-state index in [1.54, 1.807) is 18.9 Å². The number of fused-ring (bicyclic) bond motifs is 1. The second kappa shape index (κ2) is 8.19. The number of hydrogen-bond acceptors (Lipinski definition) is 3. The van der Waals surface area contributed by atoms with Crippen molar-refractivity contribution in [3.63, 3.8) is 0 Å². The Labute approximate surface area is 160 Å². The van der Waals surface area contributed by atoms with Crippen molar-refractivity contribution in [2.24, 2.45) is 5.73 Å². The van der Waals surface area contributed by atoms with Gasteiger partial charge in [0.2, 0.25) is 0 Å². The van der Waals surface area contributed by atoms with Crippen molar-refractivity contribution in [1.29, 1.82) is 0 Å². The molecule has 2 aromatic carbocycles. The molecular formula is C22H28N2OS. The molecule has 3 rings (SSSR count). The first-order chi connectivity index (χ1) is 12.6. The molecule has 0 saturated heterocycles. The molecule has 0 amide bonds. The zero-order valence-corrected chi connectivity index (χ0v) is 16.9. The van der Waals surface area contributed by atoms with Crippen LogP contribution in [0.5, 0.6) is 5.75 Å². The van der Waals surface area contributed by atoms with Crippen LogP contribution in [0.25, 0.3) is 22.2 Å². The Morgan fingerprint density at radius 2 is 1.92 bits per heavy atom. The molecule has 3 N–H and O–H groups in total. The number of rotatable bonds is 7. The zero-order chi connectivity index (χ0) is 18.7. The molecule has 0 radical (unpaired) electrons. The van der Waals surface area contributed by atoms with Crippen molar-refractivity contribution >= 4 is 22.7 Å². The van der Waals surface area contributed by atoms with E-state index in [4.69, 9.17) is 10.5 Å². The molecule has 1 heterocycles. The van der Waals surface area contributed by atoms with Crippen molar-refractivity contribution in [3.05, 3.63) is 47.0 Å². The fraction of sp³-hybridized carbons (Fsp3) is 0.364. The summed E-state index contributed by atoms with van der Waals surface area (Å²) in [6.45, 7) is 5.09. The number of aromatic nitrogens is 1. The Kier molecular flexibility index (Phi) is 5.94. The zero-order valence-electron chi connectivity index (χ0n) is 16.1. The van der Waals surface area contributed by atoms with Gasteiger partial charge < -0.3 is 15.5 Å². The Bertz CT molecular complexity index is 914. The maximum absolute atomic E-state index is 5.73. The first kappa shape index (κ1) is 18.9. The number of ether oxygens (including phenoxy) is 1. The molecule has 0 bridgehead atoms. The van der Waals surface area contributed by atoms with Gasteiger partial charge >= 0.3 is 0 Å². The number of methoxy groups -OCH3 is 1. The third kappa shape index (κ3) is 3.62. The smallest absolute Gasteiger partial charge is 0.128 e. The lowest BCUT2D eigenvalue weighted by Gasteiger charge is -2.12. The molecule has 0 unspecified atom stereocenters. The van der Waals surface area contributed by atoms with E-state index in [-0.39, 0.29) is 0 Å². The lowest BCUT2D eigenvalue weighted by molar-refractivity contribution is 0.416. The second-order valence-electron chi connectivity index (χ2n) is 6.79. The highest BCUT2D eigenvalue weighted by molar-refractivity contribution is 7.98. The Morgan fingerprint density at radius 3 is 2.62 bits per heavy atom. The molecule has 3 nitrogen and oxygen atoms in total. The second-order valence-corrected chi connectivity index (χ2v) is 7.67. The van der Waals surface area contributed by atoms with Crippen LogP contribution in [0.2, 0.25) is 0 Å². The molecule has 3 aromatic rings. The lowest BCUT2D eigenvalue weighted by atomic mass is 9.97. The highest BCUT2D eigenvalue weighted by atomic mass is 32.2. The summed E-state index contributed by atoms with van der Waals surface area (Å²) >= 11 is 1.75. The molecular weight excluding hydrogens is 340 g/mol. The van der Waals surface area contributed by atoms with Gasteiger partial charge in [-0.3, -0.25) is 0 Å². The fourth-order valence-electron chi connectivity index (χ4n) is 3.74. The van der Waals surface area contributed by atoms with Crippen LogP contribution >= 0.6 is 11.8 Å². The lowest BCUT2D eigenvalue weighted by Crippen LogP contribution is -2.00. The summed E-state index contributed by atoms with van der Waals surface area (Å²) in [5.41, 5.74) is 13.2. The van der Waals surface area contributed by atoms with Crippen LogP contribution in [0.4, 0.5) is 0 Å². The predicted octanol–water partition coefficient (Wildman–Crippen LogP) is 5.46. The molecule has 138 valence electrons.